The maximum atomic E-state index is 11.7. The molecular formula is C14H14N2O2. The van der Waals surface area contributed by atoms with Gasteiger partial charge in [0, 0.05) is 12.7 Å². The quantitative estimate of drug-likeness (QED) is 0.892. The fourth-order valence-electron chi connectivity index (χ4n) is 1.51. The van der Waals surface area contributed by atoms with Crippen LogP contribution in [0.2, 0.25) is 0 Å². The molecule has 0 unspecified atom stereocenters. The average molecular weight is 242 g/mol. The van der Waals surface area contributed by atoms with Crippen LogP contribution in [-0.2, 0) is 6.54 Å². The molecule has 0 bridgehead atoms. The number of aromatic nitrogens is 1. The highest BCUT2D eigenvalue weighted by Crippen LogP contribution is 2.11. The molecule has 18 heavy (non-hydrogen) atoms. The third-order valence-corrected chi connectivity index (χ3v) is 2.51. The number of pyridine rings is 1. The lowest BCUT2D eigenvalue weighted by molar-refractivity contribution is 0.0946. The molecule has 0 fully saturated rings. The summed E-state index contributed by atoms with van der Waals surface area (Å²) in [4.78, 5) is 15.7. The Kier molecular flexibility index (Phi) is 3.91. The third-order valence-electron chi connectivity index (χ3n) is 2.51. The van der Waals surface area contributed by atoms with Gasteiger partial charge in [-0.2, -0.15) is 0 Å². The Bertz CT molecular complexity index is 509. The van der Waals surface area contributed by atoms with Crippen LogP contribution < -0.4 is 10.1 Å². The number of rotatable bonds is 4. The van der Waals surface area contributed by atoms with Crippen molar-refractivity contribution in [3.05, 3.63) is 59.9 Å². The highest BCUT2D eigenvalue weighted by Gasteiger charge is 2.05. The van der Waals surface area contributed by atoms with Crippen molar-refractivity contribution < 1.29 is 9.53 Å². The molecule has 92 valence electrons. The number of carbonyl (C=O) groups excluding carboxylic acids is 1. The summed E-state index contributed by atoms with van der Waals surface area (Å²) in [6.45, 7) is 0.472. The SMILES string of the molecule is COc1ccc(CNC(=O)c2ccccn2)cc1. The van der Waals surface area contributed by atoms with Gasteiger partial charge in [-0.3, -0.25) is 9.78 Å². The lowest BCUT2D eigenvalue weighted by Gasteiger charge is -2.05. The Morgan fingerprint density at radius 3 is 2.61 bits per heavy atom. The van der Waals surface area contributed by atoms with Gasteiger partial charge in [-0.15, -0.1) is 0 Å². The smallest absolute Gasteiger partial charge is 0.270 e. The number of methoxy groups -OCH3 is 1. The molecule has 4 heteroatoms. The number of hydrogen-bond donors (Lipinski definition) is 1. The highest BCUT2D eigenvalue weighted by molar-refractivity contribution is 5.92. The fraction of sp³-hybridized carbons (Fsp3) is 0.143. The van der Waals surface area contributed by atoms with Crippen molar-refractivity contribution in [2.45, 2.75) is 6.54 Å². The minimum absolute atomic E-state index is 0.175. The van der Waals surface area contributed by atoms with Gasteiger partial charge in [0.2, 0.25) is 0 Å². The largest absolute Gasteiger partial charge is 0.497 e. The van der Waals surface area contributed by atoms with Gasteiger partial charge in [-0.1, -0.05) is 18.2 Å². The first-order valence-corrected chi connectivity index (χ1v) is 5.62. The Balaban J connectivity index is 1.93. The Labute approximate surface area is 106 Å². The van der Waals surface area contributed by atoms with E-state index in [-0.39, 0.29) is 5.91 Å². The molecule has 2 rings (SSSR count). The Morgan fingerprint density at radius 1 is 1.22 bits per heavy atom. The first-order chi connectivity index (χ1) is 8.79. The number of amides is 1. The van der Waals surface area contributed by atoms with E-state index in [1.165, 1.54) is 0 Å². The van der Waals surface area contributed by atoms with E-state index in [4.69, 9.17) is 4.74 Å². The van der Waals surface area contributed by atoms with Crippen LogP contribution >= 0.6 is 0 Å². The second kappa shape index (κ2) is 5.82. The molecule has 0 atom stereocenters. The first kappa shape index (κ1) is 12.1. The molecule has 0 aliphatic heterocycles. The number of carbonyl (C=O) groups is 1. The zero-order chi connectivity index (χ0) is 12.8. The van der Waals surface area contributed by atoms with Gasteiger partial charge in [-0.25, -0.2) is 0 Å². The number of nitrogens with zero attached hydrogens (tertiary/aromatic N) is 1. The van der Waals surface area contributed by atoms with Crippen molar-refractivity contribution in [1.82, 2.24) is 10.3 Å². The third kappa shape index (κ3) is 3.07. The van der Waals surface area contributed by atoms with Crippen LogP contribution in [-0.4, -0.2) is 18.0 Å². The standard InChI is InChI=1S/C14H14N2O2/c1-18-12-7-5-11(6-8-12)10-16-14(17)13-4-2-3-9-15-13/h2-9H,10H2,1H3,(H,16,17). The first-order valence-electron chi connectivity index (χ1n) is 5.62. The summed E-state index contributed by atoms with van der Waals surface area (Å²) in [6.07, 6.45) is 1.60. The Morgan fingerprint density at radius 2 is 2.00 bits per heavy atom. The molecule has 1 amide bonds. The number of ether oxygens (including phenoxy) is 1. The molecule has 1 N–H and O–H groups in total. The number of benzene rings is 1. The number of hydrogen-bond acceptors (Lipinski definition) is 3. The van der Waals surface area contributed by atoms with E-state index in [9.17, 15) is 4.79 Å². The average Bonchev–Trinajstić information content (AvgIpc) is 2.46. The summed E-state index contributed by atoms with van der Waals surface area (Å²) < 4.78 is 5.07. The van der Waals surface area contributed by atoms with Crippen LogP contribution in [0.15, 0.2) is 48.7 Å². The monoisotopic (exact) mass is 242 g/mol. The summed E-state index contributed by atoms with van der Waals surface area (Å²) in [5, 5.41) is 2.81. The summed E-state index contributed by atoms with van der Waals surface area (Å²) in [5.74, 6) is 0.626. The van der Waals surface area contributed by atoms with Gasteiger partial charge in [-0.05, 0) is 29.8 Å². The number of nitrogens with one attached hydrogen (secondary N) is 1. The van der Waals surface area contributed by atoms with E-state index >= 15 is 0 Å². The van der Waals surface area contributed by atoms with Gasteiger partial charge < -0.3 is 10.1 Å². The van der Waals surface area contributed by atoms with Crippen molar-refractivity contribution in [3.63, 3.8) is 0 Å². The van der Waals surface area contributed by atoms with Crippen LogP contribution in [0.3, 0.4) is 0 Å². The minimum Gasteiger partial charge on any atom is -0.497 e. The maximum Gasteiger partial charge on any atom is 0.270 e. The summed E-state index contributed by atoms with van der Waals surface area (Å²) >= 11 is 0. The van der Waals surface area contributed by atoms with Crippen LogP contribution in [0.1, 0.15) is 16.1 Å². The van der Waals surface area contributed by atoms with E-state index < -0.39 is 0 Å². The summed E-state index contributed by atoms with van der Waals surface area (Å²) in [7, 11) is 1.62. The van der Waals surface area contributed by atoms with Gasteiger partial charge in [0.15, 0.2) is 0 Å². The summed E-state index contributed by atoms with van der Waals surface area (Å²) in [6, 6.07) is 12.8. The molecule has 0 aliphatic rings. The summed E-state index contributed by atoms with van der Waals surface area (Å²) in [5.41, 5.74) is 1.44. The van der Waals surface area contributed by atoms with Crippen LogP contribution in [0.5, 0.6) is 5.75 Å². The molecular weight excluding hydrogens is 228 g/mol. The Hall–Kier alpha value is -2.36. The fourth-order valence-corrected chi connectivity index (χ4v) is 1.51. The molecule has 1 aromatic heterocycles. The molecule has 0 saturated heterocycles. The topological polar surface area (TPSA) is 51.2 Å². The van der Waals surface area contributed by atoms with Crippen molar-refractivity contribution >= 4 is 5.91 Å². The lowest BCUT2D eigenvalue weighted by Crippen LogP contribution is -2.23. The van der Waals surface area contributed by atoms with Crippen molar-refractivity contribution in [3.8, 4) is 5.75 Å². The maximum absolute atomic E-state index is 11.7. The van der Waals surface area contributed by atoms with Gasteiger partial charge >= 0.3 is 0 Å². The van der Waals surface area contributed by atoms with E-state index in [1.54, 1.807) is 31.5 Å². The van der Waals surface area contributed by atoms with Gasteiger partial charge in [0.25, 0.3) is 5.91 Å². The molecule has 2 aromatic rings. The van der Waals surface area contributed by atoms with E-state index in [2.05, 4.69) is 10.3 Å². The van der Waals surface area contributed by atoms with E-state index in [1.807, 2.05) is 24.3 Å². The van der Waals surface area contributed by atoms with Gasteiger partial charge in [0.05, 0.1) is 7.11 Å². The van der Waals surface area contributed by atoms with Crippen molar-refractivity contribution in [2.24, 2.45) is 0 Å². The molecule has 4 nitrogen and oxygen atoms in total. The van der Waals surface area contributed by atoms with Crippen molar-refractivity contribution in [1.29, 1.82) is 0 Å². The van der Waals surface area contributed by atoms with Crippen LogP contribution in [0.4, 0.5) is 0 Å². The zero-order valence-corrected chi connectivity index (χ0v) is 10.1. The minimum atomic E-state index is -0.175. The molecule has 1 aromatic carbocycles. The van der Waals surface area contributed by atoms with Crippen LogP contribution in [0.25, 0.3) is 0 Å². The normalized spacial score (nSPS) is 9.83. The predicted octanol–water partition coefficient (Wildman–Crippen LogP) is 2.02. The van der Waals surface area contributed by atoms with Crippen molar-refractivity contribution in [2.75, 3.05) is 7.11 Å². The van der Waals surface area contributed by atoms with E-state index in [0.29, 0.717) is 12.2 Å². The van der Waals surface area contributed by atoms with Gasteiger partial charge in [0.1, 0.15) is 11.4 Å². The molecule has 0 spiro atoms. The zero-order valence-electron chi connectivity index (χ0n) is 10.1. The molecule has 1 heterocycles. The van der Waals surface area contributed by atoms with Crippen LogP contribution in [0, 0.1) is 0 Å². The second-order valence-corrected chi connectivity index (χ2v) is 3.75. The molecule has 0 saturated carbocycles. The predicted molar refractivity (Wildman–Crippen MR) is 68.4 cm³/mol. The highest BCUT2D eigenvalue weighted by atomic mass is 16.5. The second-order valence-electron chi connectivity index (χ2n) is 3.75. The molecule has 0 aliphatic carbocycles. The lowest BCUT2D eigenvalue weighted by atomic mass is 10.2. The molecule has 0 radical (unpaired) electrons. The van der Waals surface area contributed by atoms with E-state index in [0.717, 1.165) is 11.3 Å².